The fourth-order valence-electron chi connectivity index (χ4n) is 4.01. The number of fused-ring (bicyclic) bond motifs is 1. The van der Waals surface area contributed by atoms with Gasteiger partial charge in [0.2, 0.25) is 11.8 Å². The van der Waals surface area contributed by atoms with Crippen LogP contribution in [0.15, 0.2) is 60.7 Å². The van der Waals surface area contributed by atoms with Crippen LogP contribution in [0.1, 0.15) is 23.7 Å². The van der Waals surface area contributed by atoms with Crippen molar-refractivity contribution in [3.8, 4) is 11.5 Å². The van der Waals surface area contributed by atoms with Gasteiger partial charge in [-0.25, -0.2) is 9.91 Å². The van der Waals surface area contributed by atoms with E-state index < -0.39 is 29.7 Å². The number of amides is 4. The van der Waals surface area contributed by atoms with Gasteiger partial charge in [-0.1, -0.05) is 36.4 Å². The Kier molecular flexibility index (Phi) is 6.18. The van der Waals surface area contributed by atoms with Gasteiger partial charge in [0.15, 0.2) is 0 Å². The number of nitrogens with one attached hydrogen (secondary N) is 1. The lowest BCUT2D eigenvalue weighted by Gasteiger charge is -2.27. The third-order valence-corrected chi connectivity index (χ3v) is 5.66. The van der Waals surface area contributed by atoms with E-state index in [-0.39, 0.29) is 17.9 Å². The number of methoxy groups -OCH3 is 2. The second-order valence-electron chi connectivity index (χ2n) is 7.68. The van der Waals surface area contributed by atoms with Crippen molar-refractivity contribution in [3.05, 3.63) is 66.2 Å². The van der Waals surface area contributed by atoms with Gasteiger partial charge < -0.3 is 9.47 Å². The van der Waals surface area contributed by atoms with Gasteiger partial charge in [-0.05, 0) is 29.0 Å². The first-order valence-electron chi connectivity index (χ1n) is 10.5. The van der Waals surface area contributed by atoms with Crippen molar-refractivity contribution in [2.24, 2.45) is 0 Å². The van der Waals surface area contributed by atoms with Gasteiger partial charge in [0.05, 0.1) is 26.3 Å². The number of ether oxygens (including phenoxy) is 2. The maximum absolute atomic E-state index is 13.3. The number of carbonyl (C=O) groups is 4. The number of hydrogen-bond donors (Lipinski definition) is 1. The Morgan fingerprint density at radius 3 is 2.44 bits per heavy atom. The normalized spacial score (nSPS) is 15.4. The molecule has 1 unspecified atom stereocenters. The summed E-state index contributed by atoms with van der Waals surface area (Å²) in [6.45, 7) is 1.22. The molecule has 0 aromatic heterocycles. The molecule has 9 nitrogen and oxygen atoms in total. The van der Waals surface area contributed by atoms with E-state index in [0.29, 0.717) is 16.7 Å². The molecule has 0 saturated carbocycles. The van der Waals surface area contributed by atoms with Gasteiger partial charge in [0, 0.05) is 18.6 Å². The van der Waals surface area contributed by atoms with E-state index >= 15 is 0 Å². The smallest absolute Gasteiger partial charge is 0.270 e. The van der Waals surface area contributed by atoms with Crippen molar-refractivity contribution in [2.45, 2.75) is 19.4 Å². The number of hydrazine groups is 1. The first-order chi connectivity index (χ1) is 16.3. The second-order valence-corrected chi connectivity index (χ2v) is 7.68. The summed E-state index contributed by atoms with van der Waals surface area (Å²) in [5, 5.41) is 2.47. The van der Waals surface area contributed by atoms with Gasteiger partial charge in [0.1, 0.15) is 17.5 Å². The number of anilines is 1. The molecule has 1 aliphatic rings. The van der Waals surface area contributed by atoms with Crippen molar-refractivity contribution in [1.29, 1.82) is 0 Å². The van der Waals surface area contributed by atoms with Crippen LogP contribution < -0.4 is 19.8 Å². The molecule has 1 fully saturated rings. The molecule has 0 spiro atoms. The van der Waals surface area contributed by atoms with Crippen LogP contribution in [0.3, 0.4) is 0 Å². The van der Waals surface area contributed by atoms with E-state index in [0.717, 1.165) is 15.3 Å². The van der Waals surface area contributed by atoms with Crippen LogP contribution in [-0.2, 0) is 14.4 Å². The highest BCUT2D eigenvalue weighted by molar-refractivity contribution is 6.23. The van der Waals surface area contributed by atoms with Gasteiger partial charge in [-0.2, -0.15) is 0 Å². The van der Waals surface area contributed by atoms with Gasteiger partial charge in [0.25, 0.3) is 11.8 Å². The minimum atomic E-state index is -1.20. The molecule has 0 aliphatic carbocycles. The number of hydrogen-bond acceptors (Lipinski definition) is 6. The van der Waals surface area contributed by atoms with Crippen LogP contribution in [0.2, 0.25) is 0 Å². The SMILES string of the molecule is COc1ccc(N2C(=O)CC(N(NC(=O)c3cccc4ccccc34)C(C)=O)C2=O)c(OC)c1. The molecule has 0 radical (unpaired) electrons. The fourth-order valence-corrected chi connectivity index (χ4v) is 4.01. The topological polar surface area (TPSA) is 105 Å². The predicted molar refractivity (Wildman–Crippen MR) is 124 cm³/mol. The fraction of sp³-hybridized carbons (Fsp3) is 0.200. The molecule has 1 atom stereocenters. The monoisotopic (exact) mass is 461 g/mol. The maximum atomic E-state index is 13.3. The van der Waals surface area contributed by atoms with E-state index in [9.17, 15) is 19.2 Å². The molecule has 4 amide bonds. The first-order valence-corrected chi connectivity index (χ1v) is 10.5. The first kappa shape index (κ1) is 22.8. The molecule has 1 saturated heterocycles. The highest BCUT2D eigenvalue weighted by Crippen LogP contribution is 2.36. The molecule has 9 heteroatoms. The van der Waals surface area contributed by atoms with Crippen LogP contribution in [0.5, 0.6) is 11.5 Å². The average Bonchev–Trinajstić information content (AvgIpc) is 3.14. The number of carbonyl (C=O) groups excluding carboxylic acids is 4. The van der Waals surface area contributed by atoms with Crippen molar-refractivity contribution in [2.75, 3.05) is 19.1 Å². The lowest BCUT2D eigenvalue weighted by Crippen LogP contribution is -2.54. The minimum Gasteiger partial charge on any atom is -0.497 e. The van der Waals surface area contributed by atoms with Crippen LogP contribution in [-0.4, -0.2) is 48.9 Å². The Hall–Kier alpha value is -4.40. The van der Waals surface area contributed by atoms with Gasteiger partial charge >= 0.3 is 0 Å². The van der Waals surface area contributed by atoms with E-state index in [4.69, 9.17) is 9.47 Å². The summed E-state index contributed by atoms with van der Waals surface area (Å²) < 4.78 is 10.5. The van der Waals surface area contributed by atoms with Gasteiger partial charge in [-0.15, -0.1) is 0 Å². The van der Waals surface area contributed by atoms with Crippen LogP contribution in [0.4, 0.5) is 5.69 Å². The molecule has 34 heavy (non-hydrogen) atoms. The third kappa shape index (κ3) is 4.03. The molecule has 3 aromatic rings. The summed E-state index contributed by atoms with van der Waals surface area (Å²) in [7, 11) is 2.90. The van der Waals surface area contributed by atoms with E-state index in [2.05, 4.69) is 5.43 Å². The van der Waals surface area contributed by atoms with Crippen molar-refractivity contribution in [3.63, 3.8) is 0 Å². The molecule has 0 bridgehead atoms. The summed E-state index contributed by atoms with van der Waals surface area (Å²) >= 11 is 0. The molecule has 4 rings (SSSR count). The molecular weight excluding hydrogens is 438 g/mol. The maximum Gasteiger partial charge on any atom is 0.270 e. The Labute approximate surface area is 195 Å². The summed E-state index contributed by atoms with van der Waals surface area (Å²) in [4.78, 5) is 52.6. The minimum absolute atomic E-state index is 0.227. The Morgan fingerprint density at radius 1 is 1.00 bits per heavy atom. The third-order valence-electron chi connectivity index (χ3n) is 5.66. The average molecular weight is 461 g/mol. The van der Waals surface area contributed by atoms with Crippen molar-refractivity contribution >= 4 is 40.1 Å². The molecule has 1 heterocycles. The Bertz CT molecular complexity index is 1300. The summed E-state index contributed by atoms with van der Waals surface area (Å²) in [5.74, 6) is -1.57. The molecule has 174 valence electrons. The van der Waals surface area contributed by atoms with Crippen LogP contribution >= 0.6 is 0 Å². The quantitative estimate of drug-likeness (QED) is 0.463. The molecule has 1 aliphatic heterocycles. The molecular formula is C25H23N3O6. The van der Waals surface area contributed by atoms with E-state index in [1.807, 2.05) is 18.2 Å². The predicted octanol–water partition coefficient (Wildman–Crippen LogP) is 2.68. The molecule has 1 N–H and O–H groups in total. The summed E-state index contributed by atoms with van der Waals surface area (Å²) in [6, 6.07) is 16.0. The van der Waals surface area contributed by atoms with Crippen LogP contribution in [0.25, 0.3) is 10.8 Å². The number of imide groups is 1. The highest BCUT2D eigenvalue weighted by Gasteiger charge is 2.45. The second kappa shape index (κ2) is 9.22. The zero-order chi connectivity index (χ0) is 24.4. The number of nitrogens with zero attached hydrogens (tertiary/aromatic N) is 2. The highest BCUT2D eigenvalue weighted by atomic mass is 16.5. The standard InChI is InChI=1S/C25H23N3O6/c1-15(29)28(26-24(31)19-10-6-8-16-7-4-5-9-18(16)19)21-14-23(30)27(25(21)32)20-12-11-17(33-2)13-22(20)34-3/h4-13,21H,14H2,1-3H3,(H,26,31). The number of benzene rings is 3. The zero-order valence-corrected chi connectivity index (χ0v) is 18.9. The van der Waals surface area contributed by atoms with Gasteiger partial charge in [-0.3, -0.25) is 24.6 Å². The summed E-state index contributed by atoms with van der Waals surface area (Å²) in [6.07, 6.45) is -0.288. The lowest BCUT2D eigenvalue weighted by atomic mass is 10.0. The van der Waals surface area contributed by atoms with Crippen molar-refractivity contribution < 1.29 is 28.7 Å². The number of rotatable bonds is 5. The van der Waals surface area contributed by atoms with E-state index in [1.165, 1.54) is 27.2 Å². The zero-order valence-electron chi connectivity index (χ0n) is 18.9. The summed E-state index contributed by atoms with van der Waals surface area (Å²) in [5.41, 5.74) is 3.10. The molecule has 3 aromatic carbocycles. The van der Waals surface area contributed by atoms with Crippen molar-refractivity contribution in [1.82, 2.24) is 10.4 Å². The Balaban J connectivity index is 1.63. The lowest BCUT2D eigenvalue weighted by molar-refractivity contribution is -0.139. The largest absolute Gasteiger partial charge is 0.497 e. The van der Waals surface area contributed by atoms with Crippen LogP contribution in [0, 0.1) is 0 Å². The van der Waals surface area contributed by atoms with E-state index in [1.54, 1.807) is 36.4 Å². The Morgan fingerprint density at radius 2 is 1.74 bits per heavy atom.